The molecular weight excluding hydrogens is 484 g/mol. The number of rotatable bonds is 2. The molecule has 1 heterocycles. The molecule has 6 nitrogen and oxygen atoms in total. The Balaban J connectivity index is 2.85. The second kappa shape index (κ2) is 7.17. The van der Waals surface area contributed by atoms with Crippen molar-refractivity contribution in [1.29, 1.82) is 0 Å². The molecule has 1 unspecified atom stereocenters. The molecule has 1 aliphatic heterocycles. The molecule has 1 atom stereocenters. The molecule has 1 aliphatic rings. The summed E-state index contributed by atoms with van der Waals surface area (Å²) in [5.74, 6) is -0.610. The van der Waals surface area contributed by atoms with Crippen LogP contribution in [0.4, 0.5) is 37.8 Å². The third-order valence-corrected chi connectivity index (χ3v) is 11.1. The van der Waals surface area contributed by atoms with Crippen LogP contribution in [0.3, 0.4) is 0 Å². The van der Waals surface area contributed by atoms with Crippen LogP contribution in [0, 0.1) is 0 Å². The van der Waals surface area contributed by atoms with E-state index < -0.39 is 44.8 Å². The fraction of sp³-hybridized carbons (Fsp3) is 0. The number of benzene rings is 1. The highest BCUT2D eigenvalue weighted by Crippen LogP contribution is 2.82. The minimum Gasteiger partial charge on any atom is -0.419 e. The van der Waals surface area contributed by atoms with Crippen molar-refractivity contribution >= 4 is 39.0 Å². The van der Waals surface area contributed by atoms with Crippen LogP contribution in [0.2, 0.25) is 0 Å². The van der Waals surface area contributed by atoms with Crippen LogP contribution in [0.1, 0.15) is 0 Å². The second-order valence-corrected chi connectivity index (χ2v) is 12.5. The summed E-state index contributed by atoms with van der Waals surface area (Å²) in [4.78, 5) is 0. The first kappa shape index (κ1) is 21.8. The van der Waals surface area contributed by atoms with Crippen molar-refractivity contribution in [2.24, 2.45) is 22.6 Å². The number of para-hydroxylation sites is 1. The van der Waals surface area contributed by atoms with E-state index in [1.54, 1.807) is 0 Å². The summed E-state index contributed by atoms with van der Waals surface area (Å²) in [6, 6.07) is 5.62. The lowest BCUT2D eigenvalue weighted by molar-refractivity contribution is 0.549. The van der Waals surface area contributed by atoms with Gasteiger partial charge in [0.1, 0.15) is 5.75 Å². The Hall–Kier alpha value is -0.460. The number of hydrogen-bond donors (Lipinski definition) is 0. The zero-order chi connectivity index (χ0) is 19.9. The first-order chi connectivity index (χ1) is 11.6. The van der Waals surface area contributed by atoms with Gasteiger partial charge < -0.3 is 4.52 Å². The molecule has 2 rings (SSSR count). The van der Waals surface area contributed by atoms with Gasteiger partial charge in [-0.25, -0.2) is 0 Å². The van der Waals surface area contributed by atoms with Gasteiger partial charge in [0.05, 0.1) is 0 Å². The summed E-state index contributed by atoms with van der Waals surface area (Å²) in [6.07, 6.45) is 0. The molecular formula is C6H5F9N5OP5. The topological polar surface area (TPSA) is 71.0 Å². The normalized spacial score (nSPS) is 28.8. The maximum atomic E-state index is 14.5. The van der Waals surface area contributed by atoms with Crippen molar-refractivity contribution in [3.8, 4) is 5.75 Å². The molecule has 0 bridgehead atoms. The van der Waals surface area contributed by atoms with Crippen molar-refractivity contribution < 1.29 is 42.3 Å². The van der Waals surface area contributed by atoms with E-state index >= 15 is 0 Å². The standard InChI is InChI=1S/C6H5F9N5OP5/c7-22(8)16-23(9,10)18-25(13,14)20-26(15,19-24(11,12)17-22)21-6-4-2-1-3-5-6/h1-5H. The predicted molar refractivity (Wildman–Crippen MR) is 83.8 cm³/mol. The summed E-state index contributed by atoms with van der Waals surface area (Å²) < 4.78 is 134. The van der Waals surface area contributed by atoms with Gasteiger partial charge in [0.2, 0.25) is 0 Å². The molecule has 0 spiro atoms. The number of halogens is 9. The smallest absolute Gasteiger partial charge is 0.419 e. The summed E-state index contributed by atoms with van der Waals surface area (Å²) in [6.45, 7) is 0. The van der Waals surface area contributed by atoms with Crippen LogP contribution in [0.5, 0.6) is 5.75 Å². The lowest BCUT2D eigenvalue weighted by Gasteiger charge is -2.15. The Labute approximate surface area is 140 Å². The summed E-state index contributed by atoms with van der Waals surface area (Å²) in [5.41, 5.74) is 0. The quantitative estimate of drug-likeness (QED) is 0.301. The van der Waals surface area contributed by atoms with E-state index in [0.29, 0.717) is 0 Å². The third kappa shape index (κ3) is 6.61. The lowest BCUT2D eigenvalue weighted by atomic mass is 10.3. The zero-order valence-electron chi connectivity index (χ0n) is 11.7. The van der Waals surface area contributed by atoms with Crippen molar-refractivity contribution in [3.05, 3.63) is 30.3 Å². The van der Waals surface area contributed by atoms with Gasteiger partial charge in [-0.3, -0.25) is 0 Å². The van der Waals surface area contributed by atoms with Crippen LogP contribution in [0.25, 0.3) is 0 Å². The number of hydrogen-bond acceptors (Lipinski definition) is 6. The van der Waals surface area contributed by atoms with Crippen LogP contribution in [0.15, 0.2) is 52.9 Å². The van der Waals surface area contributed by atoms with Crippen LogP contribution in [-0.2, 0) is 0 Å². The first-order valence-corrected chi connectivity index (χ1v) is 13.2. The van der Waals surface area contributed by atoms with Gasteiger partial charge in [-0.1, -0.05) is 18.2 Å². The average Bonchev–Trinajstić information content (AvgIpc) is 2.30. The fourth-order valence-corrected chi connectivity index (χ4v) is 9.63. The largest absolute Gasteiger partial charge is 0.441 e. The molecule has 0 aromatic heterocycles. The highest BCUT2D eigenvalue weighted by Gasteiger charge is 2.41. The molecule has 20 heteroatoms. The van der Waals surface area contributed by atoms with Crippen LogP contribution < -0.4 is 4.52 Å². The molecule has 0 radical (unpaired) electrons. The van der Waals surface area contributed by atoms with Crippen molar-refractivity contribution in [2.75, 3.05) is 0 Å². The molecule has 0 aliphatic carbocycles. The van der Waals surface area contributed by atoms with E-state index in [4.69, 9.17) is 0 Å². The van der Waals surface area contributed by atoms with Crippen molar-refractivity contribution in [3.63, 3.8) is 0 Å². The van der Waals surface area contributed by atoms with Crippen LogP contribution in [-0.4, -0.2) is 0 Å². The predicted octanol–water partition coefficient (Wildman–Crippen LogP) is 10.5. The summed E-state index contributed by atoms with van der Waals surface area (Å²) in [5, 5.41) is 0. The van der Waals surface area contributed by atoms with Gasteiger partial charge in [0, 0.05) is 0 Å². The molecule has 148 valence electrons. The Morgan fingerprint density at radius 3 is 1.38 bits per heavy atom. The van der Waals surface area contributed by atoms with E-state index in [-0.39, 0.29) is 0 Å². The molecule has 1 aromatic carbocycles. The van der Waals surface area contributed by atoms with Gasteiger partial charge in [-0.2, -0.15) is 0 Å². The second-order valence-electron chi connectivity index (χ2n) is 4.15. The minimum absolute atomic E-state index is 0.610. The van der Waals surface area contributed by atoms with E-state index in [9.17, 15) is 37.8 Å². The van der Waals surface area contributed by atoms with Gasteiger partial charge in [-0.05, 0) is 12.1 Å². The molecule has 0 saturated carbocycles. The lowest BCUT2D eigenvalue weighted by Crippen LogP contribution is -1.85. The van der Waals surface area contributed by atoms with Crippen molar-refractivity contribution in [2.45, 2.75) is 0 Å². The van der Waals surface area contributed by atoms with Crippen LogP contribution >= 0.6 is 39.0 Å². The Morgan fingerprint density at radius 2 is 0.923 bits per heavy atom. The SMILES string of the molecule is FP1(F)=NP(F)(F)=NP(F)(F)=NP(F)(Oc2ccccc2)=NP(F)(F)=N1. The molecule has 0 fully saturated rings. The van der Waals surface area contributed by atoms with Gasteiger partial charge >= 0.3 is 39.0 Å². The molecule has 0 N–H and O–H groups in total. The van der Waals surface area contributed by atoms with E-state index in [2.05, 4.69) is 4.52 Å². The Kier molecular flexibility index (Phi) is 6.02. The van der Waals surface area contributed by atoms with Crippen molar-refractivity contribution in [1.82, 2.24) is 0 Å². The van der Waals surface area contributed by atoms with E-state index in [1.165, 1.54) is 31.7 Å². The van der Waals surface area contributed by atoms with Gasteiger partial charge in [0.25, 0.3) is 0 Å². The first-order valence-electron chi connectivity index (χ1n) is 5.82. The fourth-order valence-electron chi connectivity index (χ4n) is 1.40. The minimum atomic E-state index is -6.79. The summed E-state index contributed by atoms with van der Waals surface area (Å²) in [7, 11) is -33.1. The average molecular weight is 489 g/mol. The van der Waals surface area contributed by atoms with Gasteiger partial charge in [0.15, 0.2) is 0 Å². The number of nitrogens with zero attached hydrogens (tertiary/aromatic N) is 5. The maximum Gasteiger partial charge on any atom is 0.441 e. The third-order valence-electron chi connectivity index (χ3n) is 2.05. The monoisotopic (exact) mass is 489 g/mol. The highest BCUT2D eigenvalue weighted by atomic mass is 31.3. The molecule has 1 aromatic rings. The maximum absolute atomic E-state index is 14.5. The van der Waals surface area contributed by atoms with E-state index in [1.807, 2.05) is 9.03 Å². The molecule has 0 saturated heterocycles. The zero-order valence-corrected chi connectivity index (χ0v) is 16.1. The van der Waals surface area contributed by atoms with Gasteiger partial charge in [-0.15, -0.1) is 60.3 Å². The highest BCUT2D eigenvalue weighted by molar-refractivity contribution is 7.78. The molecule has 26 heavy (non-hydrogen) atoms. The van der Waals surface area contributed by atoms with E-state index in [0.717, 1.165) is 12.1 Å². The summed E-state index contributed by atoms with van der Waals surface area (Å²) >= 11 is 0. The Bertz CT molecular complexity index is 960. The Morgan fingerprint density at radius 1 is 0.538 bits per heavy atom. The molecule has 0 amide bonds.